The molecule has 0 unspecified atom stereocenters. The summed E-state index contributed by atoms with van der Waals surface area (Å²) in [4.78, 5) is 19.4. The van der Waals surface area contributed by atoms with Gasteiger partial charge in [0.05, 0.1) is 11.9 Å². The number of aromatic nitrogens is 2. The zero-order valence-electron chi connectivity index (χ0n) is 8.69. The number of carbonyl (C=O) groups is 1. The Bertz CT molecular complexity index is 336. The summed E-state index contributed by atoms with van der Waals surface area (Å²) in [6.07, 6.45) is 8.04. The lowest BCUT2D eigenvalue weighted by atomic mass is 9.90. The van der Waals surface area contributed by atoms with Crippen molar-refractivity contribution in [1.82, 2.24) is 9.97 Å². The minimum atomic E-state index is -0.335. The zero-order valence-corrected chi connectivity index (χ0v) is 8.69. The number of rotatable bonds is 2. The van der Waals surface area contributed by atoms with Crippen LogP contribution in [0.1, 0.15) is 26.5 Å². The largest absolute Gasteiger partial charge is 0.294 e. The molecule has 0 aliphatic rings. The molecule has 0 aliphatic heterocycles. The predicted molar refractivity (Wildman–Crippen MR) is 55.5 cm³/mol. The molecule has 1 aromatic rings. The highest BCUT2D eigenvalue weighted by atomic mass is 16.1. The fourth-order valence-electron chi connectivity index (χ4n) is 0.808. The Balaban J connectivity index is 2.71. The van der Waals surface area contributed by atoms with Crippen molar-refractivity contribution in [2.45, 2.75) is 20.8 Å². The van der Waals surface area contributed by atoms with Gasteiger partial charge < -0.3 is 0 Å². The Morgan fingerprint density at radius 1 is 1.36 bits per heavy atom. The molecule has 1 heterocycles. The molecule has 0 N–H and O–H groups in total. The highest BCUT2D eigenvalue weighted by molar-refractivity contribution is 5.97. The lowest BCUT2D eigenvalue weighted by Crippen LogP contribution is -2.17. The Morgan fingerprint density at radius 3 is 2.57 bits per heavy atom. The Hall–Kier alpha value is -1.51. The molecule has 0 spiro atoms. The van der Waals surface area contributed by atoms with Gasteiger partial charge in [0.2, 0.25) is 0 Å². The van der Waals surface area contributed by atoms with Crippen molar-refractivity contribution in [2.24, 2.45) is 5.41 Å². The lowest BCUT2D eigenvalue weighted by Gasteiger charge is -2.12. The minimum Gasteiger partial charge on any atom is -0.294 e. The molecule has 0 saturated carbocycles. The maximum Gasteiger partial charge on any atom is 0.161 e. The molecule has 1 rings (SSSR count). The summed E-state index contributed by atoms with van der Waals surface area (Å²) in [6, 6.07) is 0. The fraction of sp³-hybridized carbons (Fsp3) is 0.364. The van der Waals surface area contributed by atoms with Gasteiger partial charge in [-0.15, -0.1) is 0 Å². The average Bonchev–Trinajstić information content (AvgIpc) is 2.14. The van der Waals surface area contributed by atoms with E-state index in [4.69, 9.17) is 0 Å². The van der Waals surface area contributed by atoms with Crippen molar-refractivity contribution in [1.29, 1.82) is 0 Å². The second-order valence-corrected chi connectivity index (χ2v) is 4.08. The molecule has 0 amide bonds. The first kappa shape index (κ1) is 10.6. The van der Waals surface area contributed by atoms with Gasteiger partial charge in [0.25, 0.3) is 0 Å². The number of ketones is 1. The third kappa shape index (κ3) is 3.09. The van der Waals surface area contributed by atoms with E-state index in [-0.39, 0.29) is 11.2 Å². The van der Waals surface area contributed by atoms with Gasteiger partial charge in [0.15, 0.2) is 5.78 Å². The monoisotopic (exact) mass is 190 g/mol. The lowest BCUT2D eigenvalue weighted by molar-refractivity contribution is -0.121. The fourth-order valence-corrected chi connectivity index (χ4v) is 0.808. The van der Waals surface area contributed by atoms with E-state index < -0.39 is 0 Å². The van der Waals surface area contributed by atoms with Crippen LogP contribution < -0.4 is 0 Å². The minimum absolute atomic E-state index is 0.0863. The molecule has 3 nitrogen and oxygen atoms in total. The molecule has 74 valence electrons. The zero-order chi connectivity index (χ0) is 10.6. The summed E-state index contributed by atoms with van der Waals surface area (Å²) in [7, 11) is 0. The van der Waals surface area contributed by atoms with Crippen LogP contribution in [0.4, 0.5) is 0 Å². The van der Waals surface area contributed by atoms with Crippen molar-refractivity contribution in [3.05, 3.63) is 30.4 Å². The van der Waals surface area contributed by atoms with Gasteiger partial charge in [-0.05, 0) is 12.2 Å². The molecule has 0 radical (unpaired) electrons. The van der Waals surface area contributed by atoms with Crippen LogP contribution in [0.25, 0.3) is 6.08 Å². The van der Waals surface area contributed by atoms with E-state index in [1.54, 1.807) is 30.7 Å². The summed E-state index contributed by atoms with van der Waals surface area (Å²) in [5.74, 6) is 0.0863. The van der Waals surface area contributed by atoms with Crippen molar-refractivity contribution < 1.29 is 4.79 Å². The highest BCUT2D eigenvalue weighted by Gasteiger charge is 2.17. The van der Waals surface area contributed by atoms with Crippen molar-refractivity contribution in [3.63, 3.8) is 0 Å². The first-order valence-corrected chi connectivity index (χ1v) is 4.49. The molecule has 3 heteroatoms. The number of nitrogens with zero attached hydrogens (tertiary/aromatic N) is 2. The van der Waals surface area contributed by atoms with Crippen molar-refractivity contribution in [2.75, 3.05) is 0 Å². The first-order chi connectivity index (χ1) is 6.50. The molecular formula is C11H14N2O. The number of hydrogen-bond donors (Lipinski definition) is 0. The van der Waals surface area contributed by atoms with Crippen LogP contribution in [-0.2, 0) is 4.79 Å². The summed E-state index contributed by atoms with van der Waals surface area (Å²) < 4.78 is 0. The van der Waals surface area contributed by atoms with Gasteiger partial charge >= 0.3 is 0 Å². The summed E-state index contributed by atoms with van der Waals surface area (Å²) in [6.45, 7) is 5.66. The topological polar surface area (TPSA) is 42.9 Å². The number of allylic oxidation sites excluding steroid dienone is 1. The maximum absolute atomic E-state index is 11.5. The van der Waals surface area contributed by atoms with Crippen LogP contribution in [-0.4, -0.2) is 15.8 Å². The molecular weight excluding hydrogens is 176 g/mol. The first-order valence-electron chi connectivity index (χ1n) is 4.49. The smallest absolute Gasteiger partial charge is 0.161 e. The van der Waals surface area contributed by atoms with E-state index in [2.05, 4.69) is 9.97 Å². The molecule has 0 atom stereocenters. The summed E-state index contributed by atoms with van der Waals surface area (Å²) in [5.41, 5.74) is 0.365. The SMILES string of the molecule is CC(C)(C)C(=O)/C=C/c1cnccn1. The predicted octanol–water partition coefficient (Wildman–Crippen LogP) is 2.10. The van der Waals surface area contributed by atoms with E-state index >= 15 is 0 Å². The third-order valence-electron chi connectivity index (χ3n) is 1.73. The van der Waals surface area contributed by atoms with E-state index in [0.717, 1.165) is 0 Å². The molecule has 1 aromatic heterocycles. The normalized spacial score (nSPS) is 11.9. The molecule has 0 aromatic carbocycles. The van der Waals surface area contributed by atoms with Crippen LogP contribution in [0, 0.1) is 5.41 Å². The molecule has 0 bridgehead atoms. The van der Waals surface area contributed by atoms with Crippen LogP contribution in [0.5, 0.6) is 0 Å². The Kier molecular flexibility index (Phi) is 3.12. The van der Waals surface area contributed by atoms with Crippen LogP contribution >= 0.6 is 0 Å². The summed E-state index contributed by atoms with van der Waals surface area (Å²) in [5, 5.41) is 0. The molecule has 0 aliphatic carbocycles. The van der Waals surface area contributed by atoms with Gasteiger partial charge in [-0.1, -0.05) is 20.8 Å². The van der Waals surface area contributed by atoms with E-state index in [1.165, 1.54) is 0 Å². The number of hydrogen-bond acceptors (Lipinski definition) is 3. The third-order valence-corrected chi connectivity index (χ3v) is 1.73. The molecule has 14 heavy (non-hydrogen) atoms. The highest BCUT2D eigenvalue weighted by Crippen LogP contribution is 2.15. The maximum atomic E-state index is 11.5. The van der Waals surface area contributed by atoms with E-state index in [1.807, 2.05) is 20.8 Å². The van der Waals surface area contributed by atoms with E-state index in [0.29, 0.717) is 5.69 Å². The Morgan fingerprint density at radius 2 is 2.07 bits per heavy atom. The molecule has 0 saturated heterocycles. The van der Waals surface area contributed by atoms with Crippen LogP contribution in [0.15, 0.2) is 24.7 Å². The van der Waals surface area contributed by atoms with Gasteiger partial charge in [-0.3, -0.25) is 14.8 Å². The number of carbonyl (C=O) groups excluding carboxylic acids is 1. The Labute approximate surface area is 83.9 Å². The van der Waals surface area contributed by atoms with Gasteiger partial charge in [-0.25, -0.2) is 0 Å². The van der Waals surface area contributed by atoms with Gasteiger partial charge in [0, 0.05) is 17.8 Å². The van der Waals surface area contributed by atoms with E-state index in [9.17, 15) is 4.79 Å². The van der Waals surface area contributed by atoms with Crippen LogP contribution in [0.2, 0.25) is 0 Å². The van der Waals surface area contributed by atoms with Crippen LogP contribution in [0.3, 0.4) is 0 Å². The standard InChI is InChI=1S/C11H14N2O/c1-11(2,3)10(14)5-4-9-8-12-6-7-13-9/h4-8H,1-3H3/b5-4+. The second-order valence-electron chi connectivity index (χ2n) is 4.08. The second kappa shape index (κ2) is 4.13. The van der Waals surface area contributed by atoms with Crippen molar-refractivity contribution in [3.8, 4) is 0 Å². The van der Waals surface area contributed by atoms with Gasteiger partial charge in [0.1, 0.15) is 0 Å². The molecule has 0 fully saturated rings. The van der Waals surface area contributed by atoms with Crippen molar-refractivity contribution >= 4 is 11.9 Å². The van der Waals surface area contributed by atoms with Gasteiger partial charge in [-0.2, -0.15) is 0 Å². The average molecular weight is 190 g/mol. The quantitative estimate of drug-likeness (QED) is 0.671. The summed E-state index contributed by atoms with van der Waals surface area (Å²) >= 11 is 0.